The molecule has 0 saturated heterocycles. The van der Waals surface area contributed by atoms with Crippen LogP contribution in [0.2, 0.25) is 0 Å². The van der Waals surface area contributed by atoms with E-state index in [0.29, 0.717) is 17.8 Å². The molecule has 0 amide bonds. The van der Waals surface area contributed by atoms with Gasteiger partial charge in [0.25, 0.3) is 0 Å². The summed E-state index contributed by atoms with van der Waals surface area (Å²) >= 11 is 0. The van der Waals surface area contributed by atoms with Gasteiger partial charge in [-0.1, -0.05) is 150 Å². The first kappa shape index (κ1) is 36.6. The fraction of sp³-hybridized carbons (Fsp3) is 0.283. The van der Waals surface area contributed by atoms with E-state index in [4.69, 9.17) is 0 Å². The fourth-order valence-electron chi connectivity index (χ4n) is 9.01. The molecule has 0 N–H and O–H groups in total. The smallest absolute Gasteiger partial charge is 0.0630 e. The zero-order valence-electron chi connectivity index (χ0n) is 33.7. The van der Waals surface area contributed by atoms with Crippen molar-refractivity contribution >= 4 is 28.3 Å². The Kier molecular flexibility index (Phi) is 10.0. The van der Waals surface area contributed by atoms with Crippen LogP contribution in [0.1, 0.15) is 88.5 Å². The van der Waals surface area contributed by atoms with Gasteiger partial charge >= 0.3 is 0 Å². The van der Waals surface area contributed by atoms with Crippen LogP contribution < -0.4 is 9.80 Å². The minimum absolute atomic E-state index is 0.211. The lowest BCUT2D eigenvalue weighted by molar-refractivity contribution is 0.280. The van der Waals surface area contributed by atoms with Gasteiger partial charge in [0.05, 0.1) is 6.04 Å². The number of nitrogens with zero attached hydrogens (tertiary/aromatic N) is 2. The van der Waals surface area contributed by atoms with Crippen molar-refractivity contribution in [3.05, 3.63) is 186 Å². The van der Waals surface area contributed by atoms with Gasteiger partial charge in [0.1, 0.15) is 0 Å². The molecule has 0 fully saturated rings. The topological polar surface area (TPSA) is 6.48 Å². The Hall–Kier alpha value is -5.34. The number of benzene rings is 5. The van der Waals surface area contributed by atoms with Crippen molar-refractivity contribution < 1.29 is 0 Å². The normalized spacial score (nSPS) is 19.5. The Balaban J connectivity index is 1.14. The highest BCUT2D eigenvalue weighted by Crippen LogP contribution is 2.51. The third-order valence-electron chi connectivity index (χ3n) is 12.0. The zero-order valence-corrected chi connectivity index (χ0v) is 33.7. The summed E-state index contributed by atoms with van der Waals surface area (Å²) < 4.78 is 0. The second-order valence-electron chi connectivity index (χ2n) is 17.5. The van der Waals surface area contributed by atoms with Crippen LogP contribution in [0.15, 0.2) is 163 Å². The Labute approximate surface area is 330 Å². The van der Waals surface area contributed by atoms with Gasteiger partial charge in [-0.15, -0.1) is 0 Å². The number of allylic oxidation sites excluding steroid dienone is 6. The van der Waals surface area contributed by atoms with Crippen LogP contribution in [0.5, 0.6) is 0 Å². The Morgan fingerprint density at radius 1 is 0.764 bits per heavy atom. The lowest BCUT2D eigenvalue weighted by atomic mass is 9.72. The van der Waals surface area contributed by atoms with Crippen molar-refractivity contribution in [1.29, 1.82) is 0 Å². The van der Waals surface area contributed by atoms with Crippen molar-refractivity contribution in [3.8, 4) is 11.1 Å². The van der Waals surface area contributed by atoms with Gasteiger partial charge in [-0.2, -0.15) is 0 Å². The van der Waals surface area contributed by atoms with Crippen molar-refractivity contribution in [2.45, 2.75) is 79.2 Å². The van der Waals surface area contributed by atoms with Gasteiger partial charge in [0.2, 0.25) is 0 Å². The van der Waals surface area contributed by atoms with Crippen LogP contribution in [0.4, 0.5) is 22.7 Å². The maximum Gasteiger partial charge on any atom is 0.0630 e. The fourth-order valence-corrected chi connectivity index (χ4v) is 9.01. The number of rotatable bonds is 9. The van der Waals surface area contributed by atoms with E-state index in [1.54, 1.807) is 0 Å². The van der Waals surface area contributed by atoms with Gasteiger partial charge in [0.15, 0.2) is 0 Å². The van der Waals surface area contributed by atoms with Crippen molar-refractivity contribution in [2.24, 2.45) is 17.3 Å². The molecule has 2 heteroatoms. The number of para-hydroxylation sites is 1. The molecule has 0 radical (unpaired) electrons. The standard InChI is InChI=1S/C53H56N2/c1-36(2)33-49(53(5,6)7)41-21-19-39(20-22-41)42-25-31-51-47(34-42)48-35-43(26-32-52(48)55(51)46-27-17-37(3)18-28-46)40-23-29-45(30-24-40)54(44-14-9-8-10-15-44)50-16-12-11-13-38(50)4/h8-12,14-32,34-36,38,48-49,52H,13,33H2,1-7H3. The molecule has 0 saturated carbocycles. The summed E-state index contributed by atoms with van der Waals surface area (Å²) in [5.41, 5.74) is 15.7. The lowest BCUT2D eigenvalue weighted by Crippen LogP contribution is -2.28. The Morgan fingerprint density at radius 3 is 2.11 bits per heavy atom. The SMILES string of the molecule is Cc1ccc(N2c3ccc(-c4ccc(C(CC(C)C)C(C)(C)C)cc4)cc3C3C=C(c4ccc(N(C5=CC=CCC5C)c5ccccc5)cc4)C=CC32)cc1. The van der Waals surface area contributed by atoms with E-state index in [9.17, 15) is 0 Å². The molecule has 5 aromatic rings. The average Bonchev–Trinajstić information content (AvgIpc) is 3.51. The molecule has 4 unspecified atom stereocenters. The molecular formula is C53H56N2. The Morgan fingerprint density at radius 2 is 1.44 bits per heavy atom. The van der Waals surface area contributed by atoms with E-state index >= 15 is 0 Å². The minimum Gasteiger partial charge on any atom is -0.333 e. The van der Waals surface area contributed by atoms with E-state index in [0.717, 1.165) is 6.42 Å². The van der Waals surface area contributed by atoms with Crippen LogP contribution in [-0.2, 0) is 0 Å². The highest BCUT2D eigenvalue weighted by atomic mass is 15.2. The summed E-state index contributed by atoms with van der Waals surface area (Å²) in [5, 5.41) is 0. The second kappa shape index (κ2) is 15.1. The third-order valence-corrected chi connectivity index (χ3v) is 12.0. The van der Waals surface area contributed by atoms with Crippen molar-refractivity contribution in [3.63, 3.8) is 0 Å². The predicted molar refractivity (Wildman–Crippen MR) is 237 cm³/mol. The maximum absolute atomic E-state index is 2.55. The molecule has 55 heavy (non-hydrogen) atoms. The summed E-state index contributed by atoms with van der Waals surface area (Å²) in [6, 6.07) is 45.8. The molecule has 1 heterocycles. The van der Waals surface area contributed by atoms with Crippen LogP contribution in [-0.4, -0.2) is 6.04 Å². The summed E-state index contributed by atoms with van der Waals surface area (Å²) in [7, 11) is 0. The number of anilines is 4. The van der Waals surface area contributed by atoms with Crippen LogP contribution in [0.3, 0.4) is 0 Å². The van der Waals surface area contributed by atoms with Gasteiger partial charge < -0.3 is 9.80 Å². The molecular weight excluding hydrogens is 665 g/mol. The highest BCUT2D eigenvalue weighted by molar-refractivity contribution is 5.85. The number of hydrogen-bond acceptors (Lipinski definition) is 2. The third kappa shape index (κ3) is 7.40. The zero-order chi connectivity index (χ0) is 38.3. The minimum atomic E-state index is 0.211. The first-order valence-electron chi connectivity index (χ1n) is 20.4. The van der Waals surface area contributed by atoms with Crippen LogP contribution in [0.25, 0.3) is 16.7 Å². The molecule has 2 nitrogen and oxygen atoms in total. The van der Waals surface area contributed by atoms with Gasteiger partial charge in [-0.25, -0.2) is 0 Å². The average molecular weight is 721 g/mol. The highest BCUT2D eigenvalue weighted by Gasteiger charge is 2.39. The molecule has 278 valence electrons. The van der Waals surface area contributed by atoms with Gasteiger partial charge in [-0.05, 0) is 125 Å². The lowest BCUT2D eigenvalue weighted by Gasteiger charge is -2.32. The molecule has 5 aromatic carbocycles. The first-order valence-corrected chi connectivity index (χ1v) is 20.4. The summed E-state index contributed by atoms with van der Waals surface area (Å²) in [4.78, 5) is 4.97. The molecule has 0 spiro atoms. The second-order valence-corrected chi connectivity index (χ2v) is 17.5. The molecule has 2 aliphatic carbocycles. The molecule has 0 bridgehead atoms. The van der Waals surface area contributed by atoms with Crippen molar-refractivity contribution in [2.75, 3.05) is 9.80 Å². The van der Waals surface area contributed by atoms with Crippen LogP contribution >= 0.6 is 0 Å². The molecule has 4 atom stereocenters. The van der Waals surface area contributed by atoms with E-state index in [2.05, 4.69) is 216 Å². The van der Waals surface area contributed by atoms with Gasteiger partial charge in [-0.3, -0.25) is 0 Å². The predicted octanol–water partition coefficient (Wildman–Crippen LogP) is 14.7. The van der Waals surface area contributed by atoms with E-state index in [1.807, 2.05) is 0 Å². The number of hydrogen-bond donors (Lipinski definition) is 0. The van der Waals surface area contributed by atoms with E-state index in [-0.39, 0.29) is 17.4 Å². The Bertz CT molecular complexity index is 2240. The summed E-state index contributed by atoms with van der Waals surface area (Å²) in [6.07, 6.45) is 16.3. The monoisotopic (exact) mass is 720 g/mol. The largest absolute Gasteiger partial charge is 0.333 e. The number of aryl methyl sites for hydroxylation is 1. The molecule has 3 aliphatic rings. The van der Waals surface area contributed by atoms with E-state index in [1.165, 1.54) is 73.8 Å². The van der Waals surface area contributed by atoms with Crippen LogP contribution in [0, 0.1) is 24.2 Å². The quantitative estimate of drug-likeness (QED) is 0.150. The summed E-state index contributed by atoms with van der Waals surface area (Å²) in [6.45, 7) is 16.3. The molecule has 8 rings (SSSR count). The van der Waals surface area contributed by atoms with Gasteiger partial charge in [0, 0.05) is 40.3 Å². The maximum atomic E-state index is 2.55. The molecule has 1 aliphatic heterocycles. The summed E-state index contributed by atoms with van der Waals surface area (Å²) in [5.74, 6) is 1.86. The number of fused-ring (bicyclic) bond motifs is 3. The van der Waals surface area contributed by atoms with Crippen molar-refractivity contribution in [1.82, 2.24) is 0 Å². The van der Waals surface area contributed by atoms with E-state index < -0.39 is 0 Å². The first-order chi connectivity index (χ1) is 26.5. The molecule has 0 aromatic heterocycles.